The molecule has 0 bridgehead atoms. The van der Waals surface area contributed by atoms with E-state index in [1.54, 1.807) is 0 Å². The Balaban J connectivity index is 2.68. The summed E-state index contributed by atoms with van der Waals surface area (Å²) >= 11 is 0. The van der Waals surface area contributed by atoms with Gasteiger partial charge in [-0.05, 0) is 26.9 Å². The van der Waals surface area contributed by atoms with Crippen LogP contribution in [0.15, 0.2) is 4.52 Å². The Morgan fingerprint density at radius 3 is 2.33 bits per heavy atom. The lowest BCUT2D eigenvalue weighted by Gasteiger charge is -2.14. The van der Waals surface area contributed by atoms with Crippen LogP contribution in [0.2, 0.25) is 0 Å². The second-order valence-electron chi connectivity index (χ2n) is 4.19. The highest BCUT2D eigenvalue weighted by Gasteiger charge is 2.21. The Labute approximate surface area is 90.6 Å². The molecule has 0 saturated heterocycles. The first kappa shape index (κ1) is 12.1. The summed E-state index contributed by atoms with van der Waals surface area (Å²) in [5.41, 5.74) is 5.33. The Kier molecular flexibility index (Phi) is 3.82. The van der Waals surface area contributed by atoms with Crippen molar-refractivity contribution in [2.45, 2.75) is 39.8 Å². The Bertz CT molecular complexity index is 299. The van der Waals surface area contributed by atoms with Crippen molar-refractivity contribution in [2.75, 3.05) is 13.1 Å². The van der Waals surface area contributed by atoms with Gasteiger partial charge in [0.1, 0.15) is 0 Å². The highest BCUT2D eigenvalue weighted by molar-refractivity contribution is 4.98. The van der Waals surface area contributed by atoms with Gasteiger partial charge in [-0.25, -0.2) is 0 Å². The summed E-state index contributed by atoms with van der Waals surface area (Å²) in [6.45, 7) is 10.6. The molecule has 0 aromatic carbocycles. The molecule has 2 N–H and O–H groups in total. The summed E-state index contributed by atoms with van der Waals surface area (Å²) in [6.07, 6.45) is 0. The molecule has 0 radical (unpaired) electrons. The third-order valence-electron chi connectivity index (χ3n) is 2.30. The maximum atomic E-state index is 5.87. The van der Waals surface area contributed by atoms with Crippen molar-refractivity contribution < 1.29 is 4.52 Å². The molecule has 1 rings (SSSR count). The van der Waals surface area contributed by atoms with Crippen molar-refractivity contribution in [2.24, 2.45) is 5.73 Å². The lowest BCUT2D eigenvalue weighted by atomic mass is 10.1. The molecule has 0 fully saturated rings. The van der Waals surface area contributed by atoms with Crippen molar-refractivity contribution in [3.05, 3.63) is 11.7 Å². The first-order valence-corrected chi connectivity index (χ1v) is 5.31. The molecule has 0 atom stereocenters. The van der Waals surface area contributed by atoms with Gasteiger partial charge in [0.2, 0.25) is 5.89 Å². The molecule has 0 aliphatic carbocycles. The molecule has 0 aliphatic rings. The summed E-state index contributed by atoms with van der Waals surface area (Å²) in [7, 11) is 0. The molecular weight excluding hydrogens is 192 g/mol. The van der Waals surface area contributed by atoms with E-state index in [1.807, 2.05) is 13.8 Å². The van der Waals surface area contributed by atoms with Gasteiger partial charge < -0.3 is 10.3 Å². The number of rotatable bonds is 5. The third-order valence-corrected chi connectivity index (χ3v) is 2.30. The average molecular weight is 212 g/mol. The zero-order valence-electron chi connectivity index (χ0n) is 9.95. The van der Waals surface area contributed by atoms with E-state index in [4.69, 9.17) is 10.3 Å². The van der Waals surface area contributed by atoms with E-state index in [-0.39, 0.29) is 0 Å². The highest BCUT2D eigenvalue weighted by Crippen LogP contribution is 2.13. The summed E-state index contributed by atoms with van der Waals surface area (Å²) in [5, 5.41) is 3.87. The highest BCUT2D eigenvalue weighted by atomic mass is 16.5. The Hall–Kier alpha value is -0.940. The average Bonchev–Trinajstić information content (AvgIpc) is 2.61. The molecule has 1 heterocycles. The van der Waals surface area contributed by atoms with Gasteiger partial charge in [-0.15, -0.1) is 0 Å². The minimum atomic E-state index is -0.537. The molecule has 0 saturated carbocycles. The van der Waals surface area contributed by atoms with Crippen molar-refractivity contribution in [3.63, 3.8) is 0 Å². The summed E-state index contributed by atoms with van der Waals surface area (Å²) < 4.78 is 5.14. The van der Waals surface area contributed by atoms with Gasteiger partial charge in [0.25, 0.3) is 0 Å². The molecule has 15 heavy (non-hydrogen) atoms. The van der Waals surface area contributed by atoms with Crippen LogP contribution in [0.1, 0.15) is 39.4 Å². The molecule has 86 valence electrons. The second-order valence-corrected chi connectivity index (χ2v) is 4.19. The van der Waals surface area contributed by atoms with Crippen molar-refractivity contribution in [1.82, 2.24) is 15.0 Å². The molecule has 1 aromatic rings. The topological polar surface area (TPSA) is 68.2 Å². The number of nitrogens with zero attached hydrogens (tertiary/aromatic N) is 3. The smallest absolute Gasteiger partial charge is 0.240 e. The predicted molar refractivity (Wildman–Crippen MR) is 58.1 cm³/mol. The van der Waals surface area contributed by atoms with Gasteiger partial charge in [-0.2, -0.15) is 4.98 Å². The van der Waals surface area contributed by atoms with Crippen molar-refractivity contribution in [1.29, 1.82) is 0 Å². The van der Waals surface area contributed by atoms with Crippen molar-refractivity contribution in [3.8, 4) is 0 Å². The van der Waals surface area contributed by atoms with Gasteiger partial charge in [0, 0.05) is 0 Å². The summed E-state index contributed by atoms with van der Waals surface area (Å²) in [5.74, 6) is 1.19. The number of nitrogens with two attached hydrogens (primary N) is 1. The Morgan fingerprint density at radius 2 is 1.93 bits per heavy atom. The fourth-order valence-corrected chi connectivity index (χ4v) is 1.22. The first-order valence-electron chi connectivity index (χ1n) is 5.31. The van der Waals surface area contributed by atoms with Crippen LogP contribution in [0, 0.1) is 0 Å². The monoisotopic (exact) mass is 212 g/mol. The standard InChI is InChI=1S/C10H20N4O/c1-5-14(6-2)7-8-12-9(13-15-8)10(3,4)11/h5-7,11H2,1-4H3. The lowest BCUT2D eigenvalue weighted by molar-refractivity contribution is 0.245. The van der Waals surface area contributed by atoms with E-state index in [0.29, 0.717) is 18.3 Å². The van der Waals surface area contributed by atoms with E-state index in [0.717, 1.165) is 13.1 Å². The maximum absolute atomic E-state index is 5.87. The van der Waals surface area contributed by atoms with Crippen LogP contribution >= 0.6 is 0 Å². The molecule has 0 unspecified atom stereocenters. The van der Waals surface area contributed by atoms with Gasteiger partial charge in [-0.3, -0.25) is 4.90 Å². The summed E-state index contributed by atoms with van der Waals surface area (Å²) in [4.78, 5) is 6.48. The number of aromatic nitrogens is 2. The van der Waals surface area contributed by atoms with Gasteiger partial charge in [0.15, 0.2) is 5.82 Å². The predicted octanol–water partition coefficient (Wildman–Crippen LogP) is 1.11. The van der Waals surface area contributed by atoms with E-state index < -0.39 is 5.54 Å². The normalized spacial score (nSPS) is 12.4. The SMILES string of the molecule is CCN(CC)Cc1nc(C(C)(C)N)no1. The van der Waals surface area contributed by atoms with E-state index in [9.17, 15) is 0 Å². The number of hydrogen-bond acceptors (Lipinski definition) is 5. The molecule has 0 aliphatic heterocycles. The first-order chi connectivity index (χ1) is 6.97. The molecule has 1 aromatic heterocycles. The van der Waals surface area contributed by atoms with Crippen LogP contribution in [0.4, 0.5) is 0 Å². The maximum Gasteiger partial charge on any atom is 0.240 e. The molecule has 5 heteroatoms. The van der Waals surface area contributed by atoms with Crippen LogP contribution < -0.4 is 5.73 Å². The van der Waals surface area contributed by atoms with E-state index in [1.165, 1.54) is 0 Å². The van der Waals surface area contributed by atoms with Crippen molar-refractivity contribution >= 4 is 0 Å². The van der Waals surface area contributed by atoms with E-state index in [2.05, 4.69) is 28.9 Å². The third kappa shape index (κ3) is 3.28. The zero-order chi connectivity index (χ0) is 11.5. The lowest BCUT2D eigenvalue weighted by Crippen LogP contribution is -2.30. The molecular formula is C10H20N4O. The van der Waals surface area contributed by atoms with Crippen LogP contribution in [-0.4, -0.2) is 28.1 Å². The molecule has 5 nitrogen and oxygen atoms in total. The Morgan fingerprint density at radius 1 is 1.33 bits per heavy atom. The van der Waals surface area contributed by atoms with E-state index >= 15 is 0 Å². The van der Waals surface area contributed by atoms with Gasteiger partial charge >= 0.3 is 0 Å². The van der Waals surface area contributed by atoms with Crippen LogP contribution in [0.25, 0.3) is 0 Å². The van der Waals surface area contributed by atoms with Crippen LogP contribution in [0.5, 0.6) is 0 Å². The quantitative estimate of drug-likeness (QED) is 0.791. The van der Waals surface area contributed by atoms with Gasteiger partial charge in [-0.1, -0.05) is 19.0 Å². The van der Waals surface area contributed by atoms with Crippen LogP contribution in [-0.2, 0) is 12.1 Å². The largest absolute Gasteiger partial charge is 0.338 e. The minimum absolute atomic E-state index is 0.537. The second kappa shape index (κ2) is 4.72. The molecule has 0 amide bonds. The minimum Gasteiger partial charge on any atom is -0.338 e. The van der Waals surface area contributed by atoms with Crippen LogP contribution in [0.3, 0.4) is 0 Å². The fourth-order valence-electron chi connectivity index (χ4n) is 1.22. The zero-order valence-corrected chi connectivity index (χ0v) is 9.95. The summed E-state index contributed by atoms with van der Waals surface area (Å²) in [6, 6.07) is 0. The van der Waals surface area contributed by atoms with Gasteiger partial charge in [0.05, 0.1) is 12.1 Å². The number of hydrogen-bond donors (Lipinski definition) is 1. The fraction of sp³-hybridized carbons (Fsp3) is 0.800. The molecule has 0 spiro atoms.